The van der Waals surface area contributed by atoms with Crippen molar-refractivity contribution in [3.8, 4) is 0 Å². The van der Waals surface area contributed by atoms with Gasteiger partial charge in [0.25, 0.3) is 6.10 Å². The molecular weight excluding hydrogens is 335 g/mol. The molecule has 0 aliphatic heterocycles. The Morgan fingerprint density at radius 3 is 1.89 bits per heavy atom. The highest BCUT2D eigenvalue weighted by molar-refractivity contribution is 7.86. The van der Waals surface area contributed by atoms with Crippen molar-refractivity contribution in [2.45, 2.75) is 17.5 Å². The van der Waals surface area contributed by atoms with Crippen LogP contribution in [0.4, 0.5) is 22.0 Å². The van der Waals surface area contributed by atoms with Gasteiger partial charge in [-0.05, 0) is 0 Å². The van der Waals surface area contributed by atoms with Gasteiger partial charge in [0.05, 0.1) is 0 Å². The van der Waals surface area contributed by atoms with Gasteiger partial charge in [0, 0.05) is 0 Å². The van der Waals surface area contributed by atoms with Gasteiger partial charge in [0.1, 0.15) is 5.88 Å². The van der Waals surface area contributed by atoms with E-state index in [0.29, 0.717) is 0 Å². The molecule has 0 bridgehead atoms. The van der Waals surface area contributed by atoms with Gasteiger partial charge in [0.15, 0.2) is 10.1 Å². The lowest BCUT2D eigenvalue weighted by Crippen LogP contribution is -2.52. The van der Waals surface area contributed by atoms with Crippen LogP contribution in [-0.4, -0.2) is 42.4 Å². The zero-order valence-corrected chi connectivity index (χ0v) is 10.8. The van der Waals surface area contributed by atoms with Gasteiger partial charge in [-0.15, -0.1) is 11.6 Å². The average Bonchev–Trinajstić information content (AvgIpc) is 2.09. The zero-order chi connectivity index (χ0) is 14.1. The van der Waals surface area contributed by atoms with Gasteiger partial charge < -0.3 is 9.29 Å². The van der Waals surface area contributed by atoms with E-state index in [9.17, 15) is 39.7 Å². The summed E-state index contributed by atoms with van der Waals surface area (Å²) in [7, 11) is -6.66. The number of carbonyl (C=O) groups is 1. The van der Waals surface area contributed by atoms with Gasteiger partial charge in [-0.2, -0.15) is 22.0 Å². The van der Waals surface area contributed by atoms with Gasteiger partial charge >= 0.3 is 17.4 Å². The lowest BCUT2D eigenvalue weighted by Gasteiger charge is -2.29. The van der Waals surface area contributed by atoms with E-state index in [1.165, 1.54) is 0 Å². The number of ether oxygens (including phenoxy) is 1. The molecule has 0 N–H and O–H groups in total. The molecule has 0 heterocycles. The second-order valence-electron chi connectivity index (χ2n) is 2.56. The Balaban J connectivity index is 0. The molecule has 0 amide bonds. The van der Waals surface area contributed by atoms with E-state index >= 15 is 0 Å². The van der Waals surface area contributed by atoms with Crippen molar-refractivity contribution in [1.29, 1.82) is 0 Å². The maximum Gasteiger partial charge on any atom is 0.432 e. The summed E-state index contributed by atoms with van der Waals surface area (Å²) < 4.78 is 94.5. The molecule has 0 saturated carbocycles. The third-order valence-corrected chi connectivity index (χ3v) is 2.39. The predicted octanol–water partition coefficient (Wildman–Crippen LogP) is 0.0318. The van der Waals surface area contributed by atoms with Gasteiger partial charge in [-0.1, -0.05) is 13.5 Å². The predicted molar refractivity (Wildman–Crippen MR) is 52.8 cm³/mol. The van der Waals surface area contributed by atoms with Crippen LogP contribution >= 0.6 is 11.6 Å². The first kappa shape index (κ1) is 20.0. The third kappa shape index (κ3) is 4.74. The van der Waals surface area contributed by atoms with E-state index in [-0.39, 0.29) is 13.5 Å². The summed E-state index contributed by atoms with van der Waals surface area (Å²) in [4.78, 5) is 10.4. The van der Waals surface area contributed by atoms with E-state index in [4.69, 9.17) is 11.6 Å². The minimum Gasteiger partial charge on any atom is -0.743 e. The number of halogens is 6. The third-order valence-electron chi connectivity index (χ3n) is 1.29. The first-order valence-corrected chi connectivity index (χ1v) is 5.43. The maximum atomic E-state index is 12.6. The standard InChI is InChI=1S/C5H4ClF5O5S.H2S/c6-1-2(12)16-3(4(7,8)9)5(10,11)17(13,14)15;/h3H,1H2,(H,13,14,15);1H2. The molecule has 0 saturated heterocycles. The molecule has 110 valence electrons. The number of esters is 1. The SMILES string of the molecule is O=C(CCl)OC(C(F)(F)F)C(F)(F)S(=O)(=O)[O-].[SH3+]. The summed E-state index contributed by atoms with van der Waals surface area (Å²) in [6.45, 7) is 0. The van der Waals surface area contributed by atoms with Crippen LogP contribution in [-0.2, 0) is 33.1 Å². The molecule has 0 radical (unpaired) electrons. The maximum absolute atomic E-state index is 12.6. The topological polar surface area (TPSA) is 83.5 Å². The second-order valence-corrected chi connectivity index (χ2v) is 4.28. The van der Waals surface area contributed by atoms with Crippen LogP contribution in [0.25, 0.3) is 0 Å². The van der Waals surface area contributed by atoms with E-state index in [2.05, 4.69) is 4.74 Å². The normalized spacial score (nSPS) is 14.6. The molecule has 0 aromatic carbocycles. The van der Waals surface area contributed by atoms with Gasteiger partial charge in [0.2, 0.25) is 0 Å². The van der Waals surface area contributed by atoms with Crippen LogP contribution in [0, 0.1) is 0 Å². The molecule has 1 atom stereocenters. The van der Waals surface area contributed by atoms with Crippen molar-refractivity contribution in [2.75, 3.05) is 5.88 Å². The summed E-state index contributed by atoms with van der Waals surface area (Å²) >= 11 is 4.70. The molecule has 0 rings (SSSR count). The molecule has 1 unspecified atom stereocenters. The summed E-state index contributed by atoms with van der Waals surface area (Å²) in [6.07, 6.45) is -10.3. The average molecular weight is 341 g/mol. The van der Waals surface area contributed by atoms with Crippen molar-refractivity contribution < 1.29 is 44.5 Å². The first-order chi connectivity index (χ1) is 7.34. The van der Waals surface area contributed by atoms with E-state index in [0.717, 1.165) is 0 Å². The number of hydrogen-bond acceptors (Lipinski definition) is 5. The molecule has 0 fully saturated rings. The monoisotopic (exact) mass is 340 g/mol. The number of rotatable bonds is 4. The Bertz CT molecular complexity index is 394. The molecule has 13 heteroatoms. The molecule has 18 heavy (non-hydrogen) atoms. The second kappa shape index (κ2) is 6.21. The molecule has 0 aliphatic rings. The fraction of sp³-hybridized carbons (Fsp3) is 0.800. The van der Waals surface area contributed by atoms with Crippen LogP contribution < -0.4 is 0 Å². The van der Waals surface area contributed by atoms with Crippen molar-refractivity contribution >= 4 is 41.2 Å². The van der Waals surface area contributed by atoms with E-state index in [1.807, 2.05) is 0 Å². The Kier molecular flexibility index (Phi) is 6.90. The lowest BCUT2D eigenvalue weighted by molar-refractivity contribution is -0.258. The molecular formula is C5H6ClF5O5S2. The summed E-state index contributed by atoms with van der Waals surface area (Å²) in [5, 5.41) is -5.84. The Morgan fingerprint density at radius 2 is 1.67 bits per heavy atom. The van der Waals surface area contributed by atoms with Crippen LogP contribution in [0.15, 0.2) is 0 Å². The zero-order valence-electron chi connectivity index (χ0n) is 8.08. The summed E-state index contributed by atoms with van der Waals surface area (Å²) in [5.41, 5.74) is 0. The highest BCUT2D eigenvalue weighted by Crippen LogP contribution is 2.37. The molecule has 0 aromatic heterocycles. The number of carbonyl (C=O) groups excluding carboxylic acids is 1. The fourth-order valence-electron chi connectivity index (χ4n) is 0.620. The number of alkyl halides is 6. The highest BCUT2D eigenvalue weighted by atomic mass is 35.5. The van der Waals surface area contributed by atoms with Crippen LogP contribution in [0.1, 0.15) is 0 Å². The first-order valence-electron chi connectivity index (χ1n) is 3.49. The highest BCUT2D eigenvalue weighted by Gasteiger charge is 2.62. The van der Waals surface area contributed by atoms with Crippen LogP contribution in [0.5, 0.6) is 0 Å². The fourth-order valence-corrected chi connectivity index (χ4v) is 1.13. The smallest absolute Gasteiger partial charge is 0.432 e. The number of hydrogen-bond donors (Lipinski definition) is 0. The van der Waals surface area contributed by atoms with Gasteiger partial charge in [-0.3, -0.25) is 4.79 Å². The Hall–Kier alpha value is -0.330. The molecule has 0 aromatic rings. The largest absolute Gasteiger partial charge is 0.743 e. The van der Waals surface area contributed by atoms with Gasteiger partial charge in [-0.25, -0.2) is 8.42 Å². The Labute approximate surface area is 109 Å². The van der Waals surface area contributed by atoms with Crippen LogP contribution in [0.3, 0.4) is 0 Å². The minimum absolute atomic E-state index is 0. The van der Waals surface area contributed by atoms with Crippen molar-refractivity contribution in [3.63, 3.8) is 0 Å². The molecule has 5 nitrogen and oxygen atoms in total. The summed E-state index contributed by atoms with van der Waals surface area (Å²) in [5.74, 6) is -3.17. The van der Waals surface area contributed by atoms with E-state index in [1.54, 1.807) is 0 Å². The molecule has 0 aliphatic carbocycles. The van der Waals surface area contributed by atoms with Crippen molar-refractivity contribution in [1.82, 2.24) is 0 Å². The Morgan fingerprint density at radius 1 is 1.28 bits per heavy atom. The lowest BCUT2D eigenvalue weighted by atomic mass is 10.3. The van der Waals surface area contributed by atoms with Crippen LogP contribution in [0.2, 0.25) is 0 Å². The molecule has 0 spiro atoms. The van der Waals surface area contributed by atoms with E-state index < -0.39 is 39.5 Å². The quantitative estimate of drug-likeness (QED) is 0.237. The summed E-state index contributed by atoms with van der Waals surface area (Å²) in [6, 6.07) is 0. The minimum atomic E-state index is -6.66. The van der Waals surface area contributed by atoms with Crippen molar-refractivity contribution in [3.05, 3.63) is 0 Å². The van der Waals surface area contributed by atoms with Crippen molar-refractivity contribution in [2.24, 2.45) is 0 Å².